The van der Waals surface area contributed by atoms with Crippen molar-refractivity contribution in [1.29, 1.82) is 0 Å². The monoisotopic (exact) mass is 443 g/mol. The minimum Gasteiger partial charge on any atom is -0.293 e. The van der Waals surface area contributed by atoms with Crippen molar-refractivity contribution in [3.63, 3.8) is 0 Å². The van der Waals surface area contributed by atoms with E-state index < -0.39 is 15.4 Å². The molecule has 1 atom stereocenters. The minimum absolute atomic E-state index is 0.0307. The molecule has 5 heteroatoms. The first-order valence-electron chi connectivity index (χ1n) is 10.9. The van der Waals surface area contributed by atoms with Crippen LogP contribution >= 0.6 is 0 Å². The summed E-state index contributed by atoms with van der Waals surface area (Å²) in [5.74, 6) is 0.0307. The lowest BCUT2D eigenvalue weighted by Gasteiger charge is -2.35. The number of aryl methyl sites for hydroxylation is 2. The number of sulfonamides is 1. The standard InChI is InChI=1S/C27H25NO3S/c1-20-11-13-23(14-12-20)32(30,31)28-18-17-27(25(28)19-21-7-3-2-4-8-21)16-15-22-9-5-6-10-24(22)26(27)29/h2-14,19H,15-18H2,1H3/b25-19+/t27-/m0/s1. The highest BCUT2D eigenvalue weighted by Crippen LogP contribution is 2.51. The highest BCUT2D eigenvalue weighted by Gasteiger charge is 2.53. The van der Waals surface area contributed by atoms with Crippen molar-refractivity contribution in [2.75, 3.05) is 6.54 Å². The van der Waals surface area contributed by atoms with Crippen molar-refractivity contribution < 1.29 is 13.2 Å². The summed E-state index contributed by atoms with van der Waals surface area (Å²) in [4.78, 5) is 14.1. The summed E-state index contributed by atoms with van der Waals surface area (Å²) in [5, 5.41) is 0. The van der Waals surface area contributed by atoms with Crippen molar-refractivity contribution in [2.24, 2.45) is 5.41 Å². The van der Waals surface area contributed by atoms with Crippen molar-refractivity contribution in [1.82, 2.24) is 4.31 Å². The summed E-state index contributed by atoms with van der Waals surface area (Å²) in [6.07, 6.45) is 3.75. The zero-order valence-electron chi connectivity index (χ0n) is 18.0. The number of hydrogen-bond acceptors (Lipinski definition) is 3. The Kier molecular flexibility index (Phi) is 5.01. The Bertz CT molecular complexity index is 1310. The molecule has 0 amide bonds. The van der Waals surface area contributed by atoms with E-state index in [9.17, 15) is 13.2 Å². The SMILES string of the molecule is Cc1ccc(S(=O)(=O)N2CC[C@@]3(CCc4ccccc4C3=O)/C2=C\c2ccccc2)cc1. The molecule has 1 aliphatic heterocycles. The molecule has 0 saturated carbocycles. The molecule has 0 aromatic heterocycles. The van der Waals surface area contributed by atoms with Gasteiger partial charge in [-0.05, 0) is 55.5 Å². The summed E-state index contributed by atoms with van der Waals surface area (Å²) in [7, 11) is -3.79. The van der Waals surface area contributed by atoms with Gasteiger partial charge in [0.05, 0.1) is 10.3 Å². The van der Waals surface area contributed by atoms with Crippen molar-refractivity contribution >= 4 is 21.9 Å². The van der Waals surface area contributed by atoms with Crippen LogP contribution in [-0.4, -0.2) is 25.1 Å². The van der Waals surface area contributed by atoms with Crippen molar-refractivity contribution in [3.8, 4) is 0 Å². The molecule has 0 bridgehead atoms. The molecule has 4 nitrogen and oxygen atoms in total. The molecular formula is C27H25NO3S. The Balaban J connectivity index is 1.66. The van der Waals surface area contributed by atoms with Crippen LogP contribution in [0.3, 0.4) is 0 Å². The average Bonchev–Trinajstić information content (AvgIpc) is 3.17. The first-order chi connectivity index (χ1) is 15.4. The molecule has 3 aromatic carbocycles. The van der Waals surface area contributed by atoms with E-state index in [1.165, 1.54) is 4.31 Å². The molecule has 5 rings (SSSR count). The highest BCUT2D eigenvalue weighted by atomic mass is 32.2. The van der Waals surface area contributed by atoms with Crippen LogP contribution in [0.15, 0.2) is 89.5 Å². The largest absolute Gasteiger partial charge is 0.293 e. The molecule has 1 heterocycles. The van der Waals surface area contributed by atoms with Crippen LogP contribution in [0.5, 0.6) is 0 Å². The van der Waals surface area contributed by atoms with Gasteiger partial charge in [0.15, 0.2) is 5.78 Å². The molecule has 0 radical (unpaired) electrons. The summed E-state index contributed by atoms with van der Waals surface area (Å²) in [6.45, 7) is 2.23. The van der Waals surface area contributed by atoms with E-state index in [1.807, 2.05) is 67.6 Å². The van der Waals surface area contributed by atoms with Crippen LogP contribution in [0.2, 0.25) is 0 Å². The second-order valence-electron chi connectivity index (χ2n) is 8.65. The third-order valence-corrected chi connectivity index (χ3v) is 8.56. The van der Waals surface area contributed by atoms with Crippen LogP contribution in [0, 0.1) is 12.3 Å². The van der Waals surface area contributed by atoms with Crippen LogP contribution < -0.4 is 0 Å². The summed E-state index contributed by atoms with van der Waals surface area (Å²) in [5.41, 5.74) is 3.40. The maximum absolute atomic E-state index is 13.8. The molecule has 1 aliphatic carbocycles. The van der Waals surface area contributed by atoms with E-state index in [0.717, 1.165) is 23.1 Å². The lowest BCUT2D eigenvalue weighted by molar-refractivity contribution is 0.0818. The van der Waals surface area contributed by atoms with Gasteiger partial charge in [-0.2, -0.15) is 0 Å². The number of fused-ring (bicyclic) bond motifs is 1. The van der Waals surface area contributed by atoms with Gasteiger partial charge >= 0.3 is 0 Å². The predicted molar refractivity (Wildman–Crippen MR) is 126 cm³/mol. The molecular weight excluding hydrogens is 418 g/mol. The molecule has 1 saturated heterocycles. The summed E-state index contributed by atoms with van der Waals surface area (Å²) < 4.78 is 28.9. The van der Waals surface area contributed by atoms with Gasteiger partial charge in [0.1, 0.15) is 0 Å². The number of nitrogens with zero attached hydrogens (tertiary/aromatic N) is 1. The van der Waals surface area contributed by atoms with Gasteiger partial charge in [0.2, 0.25) is 0 Å². The zero-order chi connectivity index (χ0) is 22.3. The fraction of sp³-hybridized carbons (Fsp3) is 0.222. The molecule has 3 aromatic rings. The molecule has 162 valence electrons. The van der Waals surface area contributed by atoms with E-state index in [4.69, 9.17) is 0 Å². The van der Waals surface area contributed by atoms with E-state index in [2.05, 4.69) is 0 Å². The van der Waals surface area contributed by atoms with E-state index in [-0.39, 0.29) is 10.7 Å². The normalized spacial score (nSPS) is 21.8. The summed E-state index contributed by atoms with van der Waals surface area (Å²) >= 11 is 0. The maximum atomic E-state index is 13.8. The van der Waals surface area contributed by atoms with Crippen molar-refractivity contribution in [3.05, 3.63) is 107 Å². The Labute approximate surface area is 189 Å². The predicted octanol–water partition coefficient (Wildman–Crippen LogP) is 5.25. The van der Waals surface area contributed by atoms with Crippen LogP contribution in [0.1, 0.15) is 39.9 Å². The van der Waals surface area contributed by atoms with Gasteiger partial charge < -0.3 is 0 Å². The van der Waals surface area contributed by atoms with Crippen LogP contribution in [0.4, 0.5) is 0 Å². The van der Waals surface area contributed by atoms with Gasteiger partial charge in [-0.1, -0.05) is 72.3 Å². The van der Waals surface area contributed by atoms with Gasteiger partial charge in [0, 0.05) is 17.8 Å². The number of benzene rings is 3. The number of carbonyl (C=O) groups excluding carboxylic acids is 1. The first kappa shape index (κ1) is 20.7. The lowest BCUT2D eigenvalue weighted by atomic mass is 9.68. The van der Waals surface area contributed by atoms with Gasteiger partial charge in [-0.3, -0.25) is 9.10 Å². The number of hydrogen-bond donors (Lipinski definition) is 0. The molecule has 1 spiro atoms. The maximum Gasteiger partial charge on any atom is 0.264 e. The lowest BCUT2D eigenvalue weighted by Crippen LogP contribution is -2.38. The summed E-state index contributed by atoms with van der Waals surface area (Å²) in [6, 6.07) is 24.3. The number of rotatable bonds is 3. The minimum atomic E-state index is -3.79. The molecule has 32 heavy (non-hydrogen) atoms. The fourth-order valence-corrected chi connectivity index (χ4v) is 6.50. The molecule has 2 aliphatic rings. The average molecular weight is 444 g/mol. The van der Waals surface area contributed by atoms with Crippen LogP contribution in [-0.2, 0) is 16.4 Å². The molecule has 1 fully saturated rings. The Morgan fingerprint density at radius 2 is 1.56 bits per heavy atom. The molecule has 0 N–H and O–H groups in total. The smallest absolute Gasteiger partial charge is 0.264 e. The zero-order valence-corrected chi connectivity index (χ0v) is 18.8. The Hall–Kier alpha value is -3.18. The van der Waals surface area contributed by atoms with E-state index in [1.54, 1.807) is 24.3 Å². The number of Topliss-reactive ketones (excluding diaryl/α,β-unsaturated/α-hetero) is 1. The van der Waals surface area contributed by atoms with Crippen molar-refractivity contribution in [2.45, 2.75) is 31.1 Å². The van der Waals surface area contributed by atoms with Gasteiger partial charge in [-0.25, -0.2) is 8.42 Å². The number of allylic oxidation sites excluding steroid dienone is 1. The third-order valence-electron chi connectivity index (χ3n) is 6.73. The van der Waals surface area contributed by atoms with E-state index in [0.29, 0.717) is 30.6 Å². The van der Waals surface area contributed by atoms with E-state index >= 15 is 0 Å². The van der Waals surface area contributed by atoms with Gasteiger partial charge in [0.25, 0.3) is 10.0 Å². The first-order valence-corrected chi connectivity index (χ1v) is 12.4. The molecule has 0 unspecified atom stereocenters. The number of ketones is 1. The van der Waals surface area contributed by atoms with Gasteiger partial charge in [-0.15, -0.1) is 0 Å². The highest BCUT2D eigenvalue weighted by molar-refractivity contribution is 7.89. The second kappa shape index (κ2) is 7.75. The fourth-order valence-electron chi connectivity index (χ4n) is 4.95. The topological polar surface area (TPSA) is 54.5 Å². The Morgan fingerprint density at radius 1 is 0.875 bits per heavy atom. The quantitative estimate of drug-likeness (QED) is 0.556. The number of carbonyl (C=O) groups is 1. The Morgan fingerprint density at radius 3 is 2.31 bits per heavy atom. The third kappa shape index (κ3) is 3.28. The van der Waals surface area contributed by atoms with Crippen LogP contribution in [0.25, 0.3) is 6.08 Å². The second-order valence-corrected chi connectivity index (χ2v) is 10.5.